The highest BCUT2D eigenvalue weighted by Crippen LogP contribution is 2.31. The van der Waals surface area contributed by atoms with E-state index < -0.39 is 5.92 Å². The fraction of sp³-hybridized carbons (Fsp3) is 0.714. The lowest BCUT2D eigenvalue weighted by Crippen LogP contribution is -2.23. The summed E-state index contributed by atoms with van der Waals surface area (Å²) in [6.45, 7) is 7.96. The van der Waals surface area contributed by atoms with Crippen LogP contribution in [0.2, 0.25) is 0 Å². The largest absolute Gasteiger partial charge is 0.369 e. The van der Waals surface area contributed by atoms with Crippen LogP contribution in [-0.4, -0.2) is 23.4 Å². The molecule has 0 aliphatic carbocycles. The molecule has 1 rings (SSSR count). The van der Waals surface area contributed by atoms with Gasteiger partial charge in [0.05, 0.1) is 6.54 Å². The van der Waals surface area contributed by atoms with Crippen LogP contribution in [0.25, 0.3) is 0 Å². The SMILES string of the molecule is CC(C)=CC[C@H](C)/C=C/N1CC(F)(F)C[C@H]1C. The Balaban J connectivity index is 2.46. The van der Waals surface area contributed by atoms with Crippen LogP contribution in [0.3, 0.4) is 0 Å². The second kappa shape index (κ2) is 5.65. The van der Waals surface area contributed by atoms with Gasteiger partial charge < -0.3 is 4.90 Å². The molecule has 1 saturated heterocycles. The standard InChI is InChI=1S/C14H23F2N/c1-11(2)5-6-12(3)7-8-17-10-14(15,16)9-13(17)4/h5,7-8,12-13H,6,9-10H2,1-4H3/b8-7+/t12-,13+/m0/s1. The molecule has 0 aromatic heterocycles. The van der Waals surface area contributed by atoms with E-state index in [0.29, 0.717) is 5.92 Å². The van der Waals surface area contributed by atoms with Gasteiger partial charge in [-0.1, -0.05) is 24.6 Å². The van der Waals surface area contributed by atoms with Gasteiger partial charge in [0.1, 0.15) is 0 Å². The molecule has 0 unspecified atom stereocenters. The Labute approximate surface area is 103 Å². The third-order valence-electron chi connectivity index (χ3n) is 3.08. The third-order valence-corrected chi connectivity index (χ3v) is 3.08. The fourth-order valence-corrected chi connectivity index (χ4v) is 1.99. The quantitative estimate of drug-likeness (QED) is 0.668. The van der Waals surface area contributed by atoms with E-state index in [1.54, 1.807) is 4.90 Å². The fourth-order valence-electron chi connectivity index (χ4n) is 1.99. The first-order chi connectivity index (χ1) is 7.80. The van der Waals surface area contributed by atoms with Crippen LogP contribution < -0.4 is 0 Å². The normalized spacial score (nSPS) is 25.3. The lowest BCUT2D eigenvalue weighted by molar-refractivity contribution is 0.0155. The van der Waals surface area contributed by atoms with E-state index in [0.717, 1.165) is 6.42 Å². The number of likely N-dealkylation sites (tertiary alicyclic amines) is 1. The molecular weight excluding hydrogens is 220 g/mol. The second-order valence-corrected chi connectivity index (χ2v) is 5.42. The molecule has 0 N–H and O–H groups in total. The highest BCUT2D eigenvalue weighted by atomic mass is 19.3. The van der Waals surface area contributed by atoms with Crippen LogP contribution in [0.4, 0.5) is 8.78 Å². The Hall–Kier alpha value is -0.860. The minimum atomic E-state index is -2.52. The molecule has 0 saturated carbocycles. The Bertz CT molecular complexity index is 303. The minimum absolute atomic E-state index is 0.0281. The van der Waals surface area contributed by atoms with Crippen molar-refractivity contribution in [3.63, 3.8) is 0 Å². The number of hydrogen-bond acceptors (Lipinski definition) is 1. The predicted molar refractivity (Wildman–Crippen MR) is 68.1 cm³/mol. The Kier molecular flexibility index (Phi) is 4.72. The number of hydrogen-bond donors (Lipinski definition) is 0. The Morgan fingerprint density at radius 3 is 2.59 bits per heavy atom. The highest BCUT2D eigenvalue weighted by Gasteiger charge is 2.41. The molecule has 0 spiro atoms. The van der Waals surface area contributed by atoms with Gasteiger partial charge in [-0.05, 0) is 39.3 Å². The van der Waals surface area contributed by atoms with Crippen molar-refractivity contribution in [3.05, 3.63) is 23.9 Å². The summed E-state index contributed by atoms with van der Waals surface area (Å²) in [4.78, 5) is 1.75. The molecule has 0 amide bonds. The Morgan fingerprint density at radius 2 is 2.12 bits per heavy atom. The molecule has 1 fully saturated rings. The van der Waals surface area contributed by atoms with Crippen LogP contribution in [-0.2, 0) is 0 Å². The number of halogens is 2. The maximum atomic E-state index is 13.1. The van der Waals surface area contributed by atoms with Crippen molar-refractivity contribution >= 4 is 0 Å². The van der Waals surface area contributed by atoms with Crippen LogP contribution in [0.5, 0.6) is 0 Å². The molecule has 0 aromatic rings. The average molecular weight is 243 g/mol. The van der Waals surface area contributed by atoms with Gasteiger partial charge in [0.15, 0.2) is 0 Å². The predicted octanol–water partition coefficient (Wildman–Crippen LogP) is 4.22. The first-order valence-electron chi connectivity index (χ1n) is 6.25. The molecule has 1 heterocycles. The van der Waals surface area contributed by atoms with Crippen molar-refractivity contribution in [1.29, 1.82) is 0 Å². The highest BCUT2D eigenvalue weighted by molar-refractivity contribution is 5.00. The summed E-state index contributed by atoms with van der Waals surface area (Å²) < 4.78 is 26.3. The smallest absolute Gasteiger partial charge is 0.267 e. The average Bonchev–Trinajstić information content (AvgIpc) is 2.45. The van der Waals surface area contributed by atoms with E-state index >= 15 is 0 Å². The molecule has 0 bridgehead atoms. The number of alkyl halides is 2. The van der Waals surface area contributed by atoms with E-state index in [1.807, 2.05) is 19.2 Å². The minimum Gasteiger partial charge on any atom is -0.369 e. The molecule has 0 aromatic carbocycles. The van der Waals surface area contributed by atoms with Crippen LogP contribution in [0.1, 0.15) is 40.5 Å². The van der Waals surface area contributed by atoms with Gasteiger partial charge in [0.25, 0.3) is 5.92 Å². The van der Waals surface area contributed by atoms with E-state index in [-0.39, 0.29) is 19.0 Å². The first kappa shape index (κ1) is 14.2. The topological polar surface area (TPSA) is 3.24 Å². The van der Waals surface area contributed by atoms with Crippen molar-refractivity contribution in [2.24, 2.45) is 5.92 Å². The molecule has 1 aliphatic rings. The maximum Gasteiger partial charge on any atom is 0.267 e. The van der Waals surface area contributed by atoms with Gasteiger partial charge in [0.2, 0.25) is 0 Å². The summed E-state index contributed by atoms with van der Waals surface area (Å²) >= 11 is 0. The van der Waals surface area contributed by atoms with Gasteiger partial charge in [-0.2, -0.15) is 0 Å². The number of rotatable bonds is 4. The summed E-state index contributed by atoms with van der Waals surface area (Å²) in [5, 5.41) is 0. The summed E-state index contributed by atoms with van der Waals surface area (Å²) in [6, 6.07) is -0.0584. The van der Waals surface area contributed by atoms with Crippen molar-refractivity contribution in [2.75, 3.05) is 6.54 Å². The zero-order valence-corrected chi connectivity index (χ0v) is 11.2. The molecule has 98 valence electrons. The van der Waals surface area contributed by atoms with Crippen LogP contribution in [0.15, 0.2) is 23.9 Å². The number of nitrogens with zero attached hydrogens (tertiary/aromatic N) is 1. The molecule has 1 nitrogen and oxygen atoms in total. The van der Waals surface area contributed by atoms with Crippen molar-refractivity contribution in [2.45, 2.75) is 52.5 Å². The molecule has 2 atom stereocenters. The monoisotopic (exact) mass is 243 g/mol. The van der Waals surface area contributed by atoms with E-state index in [2.05, 4.69) is 26.8 Å². The lowest BCUT2D eigenvalue weighted by Gasteiger charge is -2.18. The first-order valence-corrected chi connectivity index (χ1v) is 6.25. The zero-order valence-electron chi connectivity index (χ0n) is 11.2. The molecule has 0 radical (unpaired) electrons. The lowest BCUT2D eigenvalue weighted by atomic mass is 10.1. The van der Waals surface area contributed by atoms with Crippen molar-refractivity contribution in [3.8, 4) is 0 Å². The van der Waals surface area contributed by atoms with Gasteiger partial charge in [-0.15, -0.1) is 0 Å². The van der Waals surface area contributed by atoms with Crippen LogP contribution in [0, 0.1) is 5.92 Å². The van der Waals surface area contributed by atoms with Gasteiger partial charge >= 0.3 is 0 Å². The van der Waals surface area contributed by atoms with E-state index in [4.69, 9.17) is 0 Å². The molecule has 1 aliphatic heterocycles. The van der Waals surface area contributed by atoms with Crippen molar-refractivity contribution in [1.82, 2.24) is 4.90 Å². The van der Waals surface area contributed by atoms with E-state index in [1.165, 1.54) is 5.57 Å². The summed E-state index contributed by atoms with van der Waals surface area (Å²) in [7, 11) is 0. The van der Waals surface area contributed by atoms with Gasteiger partial charge in [-0.25, -0.2) is 8.78 Å². The third kappa shape index (κ3) is 4.88. The Morgan fingerprint density at radius 1 is 1.47 bits per heavy atom. The second-order valence-electron chi connectivity index (χ2n) is 5.42. The van der Waals surface area contributed by atoms with E-state index in [9.17, 15) is 8.78 Å². The van der Waals surface area contributed by atoms with Gasteiger partial charge in [0, 0.05) is 12.5 Å². The zero-order chi connectivity index (χ0) is 13.1. The molecule has 17 heavy (non-hydrogen) atoms. The van der Waals surface area contributed by atoms with Gasteiger partial charge in [-0.3, -0.25) is 0 Å². The summed E-state index contributed by atoms with van der Waals surface area (Å²) in [6.07, 6.45) is 6.99. The molecule has 3 heteroatoms. The van der Waals surface area contributed by atoms with Crippen LogP contribution >= 0.6 is 0 Å². The maximum absolute atomic E-state index is 13.1. The van der Waals surface area contributed by atoms with Crippen molar-refractivity contribution < 1.29 is 8.78 Å². The summed E-state index contributed by atoms with van der Waals surface area (Å²) in [5.41, 5.74) is 1.30. The number of allylic oxidation sites excluding steroid dienone is 3. The molecular formula is C14H23F2N. The summed E-state index contributed by atoms with van der Waals surface area (Å²) in [5.74, 6) is -2.13.